The molecule has 2 aromatic rings. The van der Waals surface area contributed by atoms with Gasteiger partial charge in [0.25, 0.3) is 0 Å². The number of benzene rings is 2. The van der Waals surface area contributed by atoms with Crippen LogP contribution < -0.4 is 15.8 Å². The number of nitrogens with one attached hydrogen (secondary N) is 1. The minimum Gasteiger partial charge on any atom is -0.506 e. The average molecular weight is 312 g/mol. The zero-order valence-electron chi connectivity index (χ0n) is 13.0. The molecule has 1 atom stereocenters. The molecule has 0 aromatic heterocycles. The zero-order chi connectivity index (χ0) is 16.4. The molecular weight excluding hydrogens is 292 g/mol. The number of phenolic OH excluding ortho intramolecular Hbond substituents is 1. The first-order chi connectivity index (χ1) is 11.0. The van der Waals surface area contributed by atoms with Crippen molar-refractivity contribution < 1.29 is 14.6 Å². The molecule has 0 amide bonds. The summed E-state index contributed by atoms with van der Waals surface area (Å²) in [5.74, 6) is 0.929. The number of rotatable bonds is 4. The van der Waals surface area contributed by atoms with Crippen LogP contribution in [-0.4, -0.2) is 24.0 Å². The summed E-state index contributed by atoms with van der Waals surface area (Å²) in [6.07, 6.45) is 0.379. The van der Waals surface area contributed by atoms with Crippen LogP contribution in [0, 0.1) is 0 Å². The van der Waals surface area contributed by atoms with Crippen molar-refractivity contribution in [2.45, 2.75) is 19.3 Å². The second-order valence-corrected chi connectivity index (χ2v) is 5.83. The number of ether oxygens (including phenoxy) is 1. The van der Waals surface area contributed by atoms with E-state index in [1.54, 1.807) is 6.07 Å². The topological polar surface area (TPSA) is 84.6 Å². The molecule has 1 heterocycles. The third-order valence-electron chi connectivity index (χ3n) is 4.09. The van der Waals surface area contributed by atoms with E-state index in [0.717, 1.165) is 23.5 Å². The van der Waals surface area contributed by atoms with Gasteiger partial charge in [-0.15, -0.1) is 0 Å². The van der Waals surface area contributed by atoms with E-state index in [1.807, 2.05) is 25.1 Å². The molecule has 0 bridgehead atoms. The van der Waals surface area contributed by atoms with Crippen molar-refractivity contribution in [3.8, 4) is 11.5 Å². The normalized spacial score (nSPS) is 14.3. The predicted molar refractivity (Wildman–Crippen MR) is 90.3 cm³/mol. The van der Waals surface area contributed by atoms with Crippen LogP contribution in [0.3, 0.4) is 0 Å². The molecule has 3 rings (SSSR count). The highest BCUT2D eigenvalue weighted by molar-refractivity contribution is 5.97. The van der Waals surface area contributed by atoms with Crippen molar-refractivity contribution >= 4 is 17.2 Å². The number of phenols is 1. The minimum absolute atomic E-state index is 0.00430. The number of nitrogens with two attached hydrogens (primary N) is 1. The molecule has 0 fully saturated rings. The Kier molecular flexibility index (Phi) is 4.10. The first kappa shape index (κ1) is 15.2. The van der Waals surface area contributed by atoms with Gasteiger partial charge in [0.2, 0.25) is 0 Å². The van der Waals surface area contributed by atoms with Crippen LogP contribution in [0.1, 0.15) is 35.2 Å². The molecule has 23 heavy (non-hydrogen) atoms. The van der Waals surface area contributed by atoms with Crippen LogP contribution >= 0.6 is 0 Å². The number of anilines is 2. The summed E-state index contributed by atoms with van der Waals surface area (Å²) < 4.78 is 5.57. The van der Waals surface area contributed by atoms with Gasteiger partial charge in [-0.25, -0.2) is 0 Å². The van der Waals surface area contributed by atoms with E-state index in [2.05, 4.69) is 5.32 Å². The molecule has 0 saturated carbocycles. The fourth-order valence-electron chi connectivity index (χ4n) is 2.71. The molecule has 5 nitrogen and oxygen atoms in total. The standard InChI is InChI=1S/C18H20N2O3/c1-11(8-17(22)13-2-4-16(21)14(19)9-13)12-3-5-18-15(10-12)20-6-7-23-18/h2-5,9-11,20-21H,6-8,19H2,1H3. The van der Waals surface area contributed by atoms with Crippen molar-refractivity contribution in [1.82, 2.24) is 0 Å². The van der Waals surface area contributed by atoms with E-state index in [9.17, 15) is 9.90 Å². The van der Waals surface area contributed by atoms with Crippen molar-refractivity contribution in [2.75, 3.05) is 24.2 Å². The van der Waals surface area contributed by atoms with Gasteiger partial charge in [0.05, 0.1) is 11.4 Å². The zero-order valence-corrected chi connectivity index (χ0v) is 13.0. The molecule has 2 aromatic carbocycles. The van der Waals surface area contributed by atoms with Crippen molar-refractivity contribution in [2.24, 2.45) is 0 Å². The van der Waals surface area contributed by atoms with Gasteiger partial charge in [-0.3, -0.25) is 4.79 Å². The lowest BCUT2D eigenvalue weighted by Crippen LogP contribution is -2.18. The fraction of sp³-hybridized carbons (Fsp3) is 0.278. The molecule has 0 spiro atoms. The number of carbonyl (C=O) groups excluding carboxylic acids is 1. The van der Waals surface area contributed by atoms with Gasteiger partial charge in [-0.05, 0) is 41.8 Å². The molecule has 120 valence electrons. The Hall–Kier alpha value is -2.69. The SMILES string of the molecule is CC(CC(=O)c1ccc(O)c(N)c1)c1ccc2c(c1)NCCO2. The largest absolute Gasteiger partial charge is 0.506 e. The summed E-state index contributed by atoms with van der Waals surface area (Å²) in [7, 11) is 0. The molecular formula is C18H20N2O3. The molecule has 1 aliphatic rings. The van der Waals surface area contributed by atoms with E-state index in [4.69, 9.17) is 10.5 Å². The Morgan fingerprint density at radius 3 is 2.96 bits per heavy atom. The Morgan fingerprint density at radius 1 is 1.35 bits per heavy atom. The van der Waals surface area contributed by atoms with Crippen molar-refractivity contribution in [1.29, 1.82) is 0 Å². The van der Waals surface area contributed by atoms with E-state index >= 15 is 0 Å². The number of carbonyl (C=O) groups is 1. The summed E-state index contributed by atoms with van der Waals surface area (Å²) >= 11 is 0. The fourth-order valence-corrected chi connectivity index (χ4v) is 2.71. The highest BCUT2D eigenvalue weighted by Gasteiger charge is 2.17. The van der Waals surface area contributed by atoms with Gasteiger partial charge in [0, 0.05) is 18.5 Å². The molecule has 1 unspecified atom stereocenters. The number of hydrogen-bond acceptors (Lipinski definition) is 5. The quantitative estimate of drug-likeness (QED) is 0.459. The monoisotopic (exact) mass is 312 g/mol. The molecule has 0 aliphatic carbocycles. The number of nitrogen functional groups attached to an aromatic ring is 1. The Morgan fingerprint density at radius 2 is 2.17 bits per heavy atom. The van der Waals surface area contributed by atoms with E-state index in [1.165, 1.54) is 12.1 Å². The minimum atomic E-state index is -0.00430. The maximum atomic E-state index is 12.4. The third kappa shape index (κ3) is 3.23. The second kappa shape index (κ2) is 6.20. The highest BCUT2D eigenvalue weighted by atomic mass is 16.5. The van der Waals surface area contributed by atoms with Crippen LogP contribution in [0.2, 0.25) is 0 Å². The molecule has 5 heteroatoms. The maximum Gasteiger partial charge on any atom is 0.163 e. The summed E-state index contributed by atoms with van der Waals surface area (Å²) in [5.41, 5.74) is 8.45. The van der Waals surface area contributed by atoms with Gasteiger partial charge >= 0.3 is 0 Å². The highest BCUT2D eigenvalue weighted by Crippen LogP contribution is 2.32. The number of fused-ring (bicyclic) bond motifs is 1. The van der Waals surface area contributed by atoms with Crippen LogP contribution in [0.4, 0.5) is 11.4 Å². The molecule has 0 radical (unpaired) electrons. The van der Waals surface area contributed by atoms with Crippen LogP contribution in [0.5, 0.6) is 11.5 Å². The molecule has 1 aliphatic heterocycles. The third-order valence-corrected chi connectivity index (χ3v) is 4.09. The number of ketones is 1. The van der Waals surface area contributed by atoms with Crippen LogP contribution in [0.15, 0.2) is 36.4 Å². The van der Waals surface area contributed by atoms with E-state index in [0.29, 0.717) is 18.6 Å². The van der Waals surface area contributed by atoms with Gasteiger partial charge in [0.1, 0.15) is 18.1 Å². The molecule has 0 saturated heterocycles. The van der Waals surface area contributed by atoms with Crippen molar-refractivity contribution in [3.05, 3.63) is 47.5 Å². The number of hydrogen-bond donors (Lipinski definition) is 3. The predicted octanol–water partition coefficient (Wildman–Crippen LogP) is 3.16. The van der Waals surface area contributed by atoms with E-state index < -0.39 is 0 Å². The smallest absolute Gasteiger partial charge is 0.163 e. The van der Waals surface area contributed by atoms with Crippen LogP contribution in [-0.2, 0) is 0 Å². The lowest BCUT2D eigenvalue weighted by atomic mass is 9.92. The Labute approximate surface area is 135 Å². The van der Waals surface area contributed by atoms with Crippen molar-refractivity contribution in [3.63, 3.8) is 0 Å². The Bertz CT molecular complexity index is 743. The van der Waals surface area contributed by atoms with Gasteiger partial charge in [0.15, 0.2) is 5.78 Å². The number of Topliss-reactive ketones (excluding diaryl/α,β-unsaturated/α-hetero) is 1. The average Bonchev–Trinajstić information content (AvgIpc) is 2.56. The van der Waals surface area contributed by atoms with Gasteiger partial charge < -0.3 is 20.9 Å². The molecule has 4 N–H and O–H groups in total. The lowest BCUT2D eigenvalue weighted by Gasteiger charge is -2.21. The first-order valence-electron chi connectivity index (χ1n) is 7.67. The van der Waals surface area contributed by atoms with Crippen LogP contribution in [0.25, 0.3) is 0 Å². The summed E-state index contributed by atoms with van der Waals surface area (Å²) in [4.78, 5) is 12.4. The lowest BCUT2D eigenvalue weighted by molar-refractivity contribution is 0.0975. The van der Waals surface area contributed by atoms with E-state index in [-0.39, 0.29) is 23.1 Å². The second-order valence-electron chi connectivity index (χ2n) is 5.83. The van der Waals surface area contributed by atoms with Gasteiger partial charge in [-0.2, -0.15) is 0 Å². The Balaban J connectivity index is 1.74. The summed E-state index contributed by atoms with van der Waals surface area (Å²) in [5, 5.41) is 12.7. The first-order valence-corrected chi connectivity index (χ1v) is 7.67. The van der Waals surface area contributed by atoms with Gasteiger partial charge in [-0.1, -0.05) is 13.0 Å². The summed E-state index contributed by atoms with van der Waals surface area (Å²) in [6, 6.07) is 10.5. The summed E-state index contributed by atoms with van der Waals surface area (Å²) in [6.45, 7) is 3.48. The maximum absolute atomic E-state index is 12.4. The number of aromatic hydroxyl groups is 1.